The fraction of sp³-hybridized carbons (Fsp3) is 0.350. The molecule has 0 bridgehead atoms. The van der Waals surface area contributed by atoms with Crippen molar-refractivity contribution < 1.29 is 22.4 Å². The molecule has 30 heavy (non-hydrogen) atoms. The van der Waals surface area contributed by atoms with Crippen molar-refractivity contribution in [1.82, 2.24) is 14.5 Å². The molecule has 10 heteroatoms. The summed E-state index contributed by atoms with van der Waals surface area (Å²) in [5.74, 6) is -0.158. The Hall–Kier alpha value is -2.56. The molecule has 0 amide bonds. The number of hydrogen-bond acceptors (Lipinski definition) is 8. The van der Waals surface area contributed by atoms with Gasteiger partial charge in [-0.15, -0.1) is 21.5 Å². The zero-order chi connectivity index (χ0) is 21.1. The van der Waals surface area contributed by atoms with E-state index in [0.717, 1.165) is 5.56 Å². The second-order valence-corrected chi connectivity index (χ2v) is 10.1. The van der Waals surface area contributed by atoms with E-state index in [1.54, 1.807) is 24.4 Å². The molecular weight excluding hydrogens is 426 g/mol. The Bertz CT molecular complexity index is 1090. The Kier molecular flexibility index (Phi) is 5.98. The quantitative estimate of drug-likeness (QED) is 0.533. The summed E-state index contributed by atoms with van der Waals surface area (Å²) in [6.45, 7) is 2.25. The first-order valence-electron chi connectivity index (χ1n) is 9.58. The third-order valence-corrected chi connectivity index (χ3v) is 8.25. The molecule has 0 spiro atoms. The molecule has 1 aliphatic heterocycles. The molecule has 8 nitrogen and oxygen atoms in total. The number of benzene rings is 1. The van der Waals surface area contributed by atoms with Gasteiger partial charge >= 0.3 is 5.97 Å². The Morgan fingerprint density at radius 3 is 2.57 bits per heavy atom. The van der Waals surface area contributed by atoms with Gasteiger partial charge < -0.3 is 9.15 Å². The van der Waals surface area contributed by atoms with Gasteiger partial charge in [-0.1, -0.05) is 24.3 Å². The molecule has 3 heterocycles. The molecular formula is C20H21N3O5S2. The molecule has 0 N–H and O–H groups in total. The minimum absolute atomic E-state index is 0.222. The van der Waals surface area contributed by atoms with Crippen molar-refractivity contribution in [2.45, 2.75) is 30.1 Å². The summed E-state index contributed by atoms with van der Waals surface area (Å²) in [6, 6.07) is 12.6. The van der Waals surface area contributed by atoms with Crippen molar-refractivity contribution >= 4 is 27.3 Å². The summed E-state index contributed by atoms with van der Waals surface area (Å²) in [5, 5.41) is 9.73. The van der Waals surface area contributed by atoms with Crippen LogP contribution in [0.1, 0.15) is 31.8 Å². The van der Waals surface area contributed by atoms with Gasteiger partial charge in [0.1, 0.15) is 4.21 Å². The standard InChI is InChI=1S/C20H21N3O5S2/c1-14(18-21-22-19(28-18)15-6-3-2-4-7-15)27-20(24)16-9-11-23(12-10-16)30(25,26)17-8-5-13-29-17/h2-8,13-14,16H,9-12H2,1H3/t14-/m1/s1. The number of esters is 1. The highest BCUT2D eigenvalue weighted by molar-refractivity contribution is 7.91. The lowest BCUT2D eigenvalue weighted by molar-refractivity contribution is -0.156. The van der Waals surface area contributed by atoms with Crippen LogP contribution in [0.5, 0.6) is 0 Å². The number of rotatable bonds is 6. The first-order chi connectivity index (χ1) is 14.4. The third kappa shape index (κ3) is 4.30. The summed E-state index contributed by atoms with van der Waals surface area (Å²) >= 11 is 1.19. The van der Waals surface area contributed by atoms with Crippen LogP contribution in [0.3, 0.4) is 0 Å². The van der Waals surface area contributed by atoms with Crippen LogP contribution in [-0.4, -0.2) is 42.0 Å². The van der Waals surface area contributed by atoms with Gasteiger partial charge in [-0.05, 0) is 43.3 Å². The lowest BCUT2D eigenvalue weighted by Gasteiger charge is -2.30. The number of piperidine rings is 1. The van der Waals surface area contributed by atoms with Gasteiger partial charge in [-0.3, -0.25) is 4.79 Å². The molecule has 0 unspecified atom stereocenters. The molecule has 1 saturated heterocycles. The van der Waals surface area contributed by atoms with Gasteiger partial charge in [0.25, 0.3) is 15.9 Å². The maximum atomic E-state index is 12.6. The van der Waals surface area contributed by atoms with E-state index < -0.39 is 16.1 Å². The smallest absolute Gasteiger partial charge is 0.309 e. The van der Waals surface area contributed by atoms with Crippen LogP contribution >= 0.6 is 11.3 Å². The number of sulfonamides is 1. The van der Waals surface area contributed by atoms with Crippen LogP contribution in [-0.2, 0) is 19.6 Å². The molecule has 1 aliphatic rings. The summed E-state index contributed by atoms with van der Waals surface area (Å²) in [6.07, 6.45) is 0.139. The monoisotopic (exact) mass is 447 g/mol. The van der Waals surface area contributed by atoms with Crippen molar-refractivity contribution in [3.05, 3.63) is 53.7 Å². The largest absolute Gasteiger partial charge is 0.452 e. The van der Waals surface area contributed by atoms with Crippen LogP contribution in [0.2, 0.25) is 0 Å². The Labute approximate surface area is 178 Å². The topological polar surface area (TPSA) is 103 Å². The minimum Gasteiger partial charge on any atom is -0.452 e. The number of nitrogens with zero attached hydrogens (tertiary/aromatic N) is 3. The van der Waals surface area contributed by atoms with E-state index in [0.29, 0.717) is 22.9 Å². The molecule has 1 fully saturated rings. The molecule has 4 rings (SSSR count). The average Bonchev–Trinajstić information content (AvgIpc) is 3.47. The van der Waals surface area contributed by atoms with Gasteiger partial charge in [-0.25, -0.2) is 8.42 Å². The molecule has 1 atom stereocenters. The third-order valence-electron chi connectivity index (χ3n) is 4.98. The fourth-order valence-electron chi connectivity index (χ4n) is 3.29. The molecule has 0 saturated carbocycles. The molecule has 2 aromatic heterocycles. The highest BCUT2D eigenvalue weighted by Gasteiger charge is 2.34. The number of carbonyl (C=O) groups excluding carboxylic acids is 1. The lowest BCUT2D eigenvalue weighted by atomic mass is 9.98. The van der Waals surface area contributed by atoms with Gasteiger partial charge in [-0.2, -0.15) is 4.31 Å². The number of ether oxygens (including phenoxy) is 1. The van der Waals surface area contributed by atoms with Crippen molar-refractivity contribution in [3.63, 3.8) is 0 Å². The van der Waals surface area contributed by atoms with E-state index in [1.807, 2.05) is 30.3 Å². The normalized spacial score (nSPS) is 17.0. The molecule has 158 valence electrons. The highest BCUT2D eigenvalue weighted by atomic mass is 32.2. The van der Waals surface area contributed by atoms with Crippen LogP contribution < -0.4 is 0 Å². The van der Waals surface area contributed by atoms with Crippen LogP contribution in [0.15, 0.2) is 56.5 Å². The van der Waals surface area contributed by atoms with Crippen molar-refractivity contribution in [2.24, 2.45) is 5.92 Å². The number of thiophene rings is 1. The van der Waals surface area contributed by atoms with Crippen LogP contribution in [0, 0.1) is 5.92 Å². The van der Waals surface area contributed by atoms with Gasteiger partial charge in [0.15, 0.2) is 6.10 Å². The maximum Gasteiger partial charge on any atom is 0.309 e. The zero-order valence-electron chi connectivity index (χ0n) is 16.3. The minimum atomic E-state index is -3.49. The molecule has 0 radical (unpaired) electrons. The van der Waals surface area contributed by atoms with E-state index in [9.17, 15) is 13.2 Å². The SMILES string of the molecule is C[C@@H](OC(=O)C1CCN(S(=O)(=O)c2cccs2)CC1)c1nnc(-c2ccccc2)o1. The van der Waals surface area contributed by atoms with Crippen LogP contribution in [0.25, 0.3) is 11.5 Å². The van der Waals surface area contributed by atoms with E-state index >= 15 is 0 Å². The predicted molar refractivity (Wildman–Crippen MR) is 110 cm³/mol. The first kappa shape index (κ1) is 20.7. The Morgan fingerprint density at radius 1 is 1.17 bits per heavy atom. The highest BCUT2D eigenvalue weighted by Crippen LogP contribution is 2.28. The second-order valence-electron chi connectivity index (χ2n) is 7.00. The molecule has 3 aromatic rings. The number of aromatic nitrogens is 2. The fourth-order valence-corrected chi connectivity index (χ4v) is 5.90. The van der Waals surface area contributed by atoms with Crippen LogP contribution in [0.4, 0.5) is 0 Å². The number of hydrogen-bond donors (Lipinski definition) is 0. The predicted octanol–water partition coefficient (Wildman–Crippen LogP) is 3.50. The zero-order valence-corrected chi connectivity index (χ0v) is 17.9. The summed E-state index contributed by atoms with van der Waals surface area (Å²) < 4.78 is 38.1. The van der Waals surface area contributed by atoms with Gasteiger partial charge in [0, 0.05) is 18.7 Å². The van der Waals surface area contributed by atoms with E-state index in [4.69, 9.17) is 9.15 Å². The lowest BCUT2D eigenvalue weighted by Crippen LogP contribution is -2.40. The Morgan fingerprint density at radius 2 is 1.90 bits per heavy atom. The second kappa shape index (κ2) is 8.66. The van der Waals surface area contributed by atoms with E-state index in [-0.39, 0.29) is 30.9 Å². The Balaban J connectivity index is 1.33. The van der Waals surface area contributed by atoms with Crippen molar-refractivity contribution in [1.29, 1.82) is 0 Å². The maximum absolute atomic E-state index is 12.6. The molecule has 1 aromatic carbocycles. The summed E-state index contributed by atoms with van der Waals surface area (Å²) in [5.41, 5.74) is 0.786. The summed E-state index contributed by atoms with van der Waals surface area (Å²) in [7, 11) is -3.49. The number of carbonyl (C=O) groups is 1. The average molecular weight is 448 g/mol. The van der Waals surface area contributed by atoms with Crippen molar-refractivity contribution in [3.8, 4) is 11.5 Å². The first-order valence-corrected chi connectivity index (χ1v) is 11.9. The van der Waals surface area contributed by atoms with Gasteiger partial charge in [0.2, 0.25) is 5.89 Å². The van der Waals surface area contributed by atoms with E-state index in [2.05, 4.69) is 10.2 Å². The summed E-state index contributed by atoms with van der Waals surface area (Å²) in [4.78, 5) is 12.6. The van der Waals surface area contributed by atoms with Crippen molar-refractivity contribution in [2.75, 3.05) is 13.1 Å². The van der Waals surface area contributed by atoms with E-state index in [1.165, 1.54) is 15.6 Å². The van der Waals surface area contributed by atoms with Gasteiger partial charge in [0.05, 0.1) is 5.92 Å². The molecule has 0 aliphatic carbocycles.